The summed E-state index contributed by atoms with van der Waals surface area (Å²) in [5.74, 6) is 1.29. The number of aromatic nitrogens is 4. The summed E-state index contributed by atoms with van der Waals surface area (Å²) in [7, 11) is 1.59. The minimum Gasteiger partial charge on any atom is -0.494 e. The molecular formula is C14H12ClN5O. The molecule has 1 aromatic carbocycles. The van der Waals surface area contributed by atoms with Crippen molar-refractivity contribution < 1.29 is 4.74 Å². The van der Waals surface area contributed by atoms with Crippen LogP contribution in [0.5, 0.6) is 5.75 Å². The van der Waals surface area contributed by atoms with Crippen molar-refractivity contribution in [2.75, 3.05) is 12.4 Å². The fourth-order valence-corrected chi connectivity index (χ4v) is 2.16. The number of para-hydroxylation sites is 1. The number of benzene rings is 1. The Bertz CT molecular complexity index is 766. The molecule has 21 heavy (non-hydrogen) atoms. The van der Waals surface area contributed by atoms with Gasteiger partial charge < -0.3 is 10.1 Å². The summed E-state index contributed by atoms with van der Waals surface area (Å²) in [6, 6.07) is 5.62. The fraction of sp³-hybridized carbons (Fsp3) is 0.143. The van der Waals surface area contributed by atoms with Crippen LogP contribution < -0.4 is 10.1 Å². The number of ether oxygens (including phenoxy) is 1. The lowest BCUT2D eigenvalue weighted by atomic mass is 10.2. The standard InChI is InChI=1S/C14H12ClN5O/c1-21-11-4-2-3-10-12(11)19-14(15)20-13(10)18-8-9-7-16-5-6-17-9/h2-7H,8H2,1H3,(H,18,19,20). The van der Waals surface area contributed by atoms with Gasteiger partial charge in [0.15, 0.2) is 0 Å². The number of rotatable bonds is 4. The van der Waals surface area contributed by atoms with Crippen molar-refractivity contribution >= 4 is 28.3 Å². The van der Waals surface area contributed by atoms with Gasteiger partial charge in [-0.05, 0) is 23.7 Å². The normalized spacial score (nSPS) is 10.6. The molecule has 0 aliphatic heterocycles. The van der Waals surface area contributed by atoms with Crippen LogP contribution in [0.4, 0.5) is 5.82 Å². The van der Waals surface area contributed by atoms with E-state index >= 15 is 0 Å². The zero-order chi connectivity index (χ0) is 14.7. The van der Waals surface area contributed by atoms with Crippen LogP contribution in [0.2, 0.25) is 5.28 Å². The molecule has 2 aromatic heterocycles. The van der Waals surface area contributed by atoms with Gasteiger partial charge in [-0.25, -0.2) is 9.97 Å². The SMILES string of the molecule is COc1cccc2c(NCc3cnccn3)nc(Cl)nc12. The van der Waals surface area contributed by atoms with Gasteiger partial charge in [0.25, 0.3) is 0 Å². The predicted molar refractivity (Wildman–Crippen MR) is 80.5 cm³/mol. The maximum Gasteiger partial charge on any atom is 0.225 e. The third-order valence-electron chi connectivity index (χ3n) is 2.94. The second-order valence-corrected chi connectivity index (χ2v) is 4.59. The van der Waals surface area contributed by atoms with Crippen molar-refractivity contribution in [2.45, 2.75) is 6.54 Å². The molecule has 2 heterocycles. The van der Waals surface area contributed by atoms with Crippen molar-refractivity contribution in [3.63, 3.8) is 0 Å². The van der Waals surface area contributed by atoms with E-state index in [4.69, 9.17) is 16.3 Å². The van der Waals surface area contributed by atoms with Crippen molar-refractivity contribution in [1.82, 2.24) is 19.9 Å². The highest BCUT2D eigenvalue weighted by atomic mass is 35.5. The molecule has 0 amide bonds. The lowest BCUT2D eigenvalue weighted by molar-refractivity contribution is 0.419. The van der Waals surface area contributed by atoms with E-state index in [-0.39, 0.29) is 5.28 Å². The van der Waals surface area contributed by atoms with E-state index in [1.54, 1.807) is 25.7 Å². The summed E-state index contributed by atoms with van der Waals surface area (Å²) in [5, 5.41) is 4.20. The van der Waals surface area contributed by atoms with Gasteiger partial charge in [0.05, 0.1) is 25.5 Å². The van der Waals surface area contributed by atoms with Gasteiger partial charge in [0.1, 0.15) is 17.1 Å². The first-order chi connectivity index (χ1) is 10.3. The van der Waals surface area contributed by atoms with Crippen LogP contribution in [-0.2, 0) is 6.54 Å². The van der Waals surface area contributed by atoms with Crippen LogP contribution in [0.25, 0.3) is 10.9 Å². The number of hydrogen-bond donors (Lipinski definition) is 1. The molecule has 3 aromatic rings. The Hall–Kier alpha value is -2.47. The van der Waals surface area contributed by atoms with Crippen LogP contribution in [0.1, 0.15) is 5.69 Å². The molecule has 0 spiro atoms. The molecular weight excluding hydrogens is 290 g/mol. The third-order valence-corrected chi connectivity index (χ3v) is 3.10. The molecule has 3 rings (SSSR count). The number of nitrogens with one attached hydrogen (secondary N) is 1. The third kappa shape index (κ3) is 2.85. The second kappa shape index (κ2) is 5.88. The Kier molecular flexibility index (Phi) is 3.79. The molecule has 106 valence electrons. The van der Waals surface area contributed by atoms with Gasteiger partial charge in [-0.15, -0.1) is 0 Å². The minimum absolute atomic E-state index is 0.161. The highest BCUT2D eigenvalue weighted by Gasteiger charge is 2.10. The first-order valence-electron chi connectivity index (χ1n) is 6.27. The number of nitrogens with zero attached hydrogens (tertiary/aromatic N) is 4. The van der Waals surface area contributed by atoms with E-state index in [9.17, 15) is 0 Å². The molecule has 0 bridgehead atoms. The van der Waals surface area contributed by atoms with E-state index in [2.05, 4.69) is 25.3 Å². The van der Waals surface area contributed by atoms with Gasteiger partial charge in [-0.1, -0.05) is 6.07 Å². The number of halogens is 1. The van der Waals surface area contributed by atoms with Gasteiger partial charge in [0.2, 0.25) is 5.28 Å². The summed E-state index contributed by atoms with van der Waals surface area (Å²) in [6.45, 7) is 0.494. The monoisotopic (exact) mass is 301 g/mol. The Morgan fingerprint density at radius 2 is 2.14 bits per heavy atom. The Labute approximate surface area is 126 Å². The number of methoxy groups -OCH3 is 1. The molecule has 0 fully saturated rings. The first-order valence-corrected chi connectivity index (χ1v) is 6.65. The average Bonchev–Trinajstić information content (AvgIpc) is 2.53. The molecule has 0 aliphatic carbocycles. The van der Waals surface area contributed by atoms with E-state index in [1.807, 2.05) is 18.2 Å². The lowest BCUT2D eigenvalue weighted by Crippen LogP contribution is -2.05. The van der Waals surface area contributed by atoms with Crippen LogP contribution in [0, 0.1) is 0 Å². The van der Waals surface area contributed by atoms with Crippen molar-refractivity contribution in [3.8, 4) is 5.75 Å². The van der Waals surface area contributed by atoms with Gasteiger partial charge in [0, 0.05) is 17.8 Å². The Morgan fingerprint density at radius 3 is 2.90 bits per heavy atom. The summed E-state index contributed by atoms with van der Waals surface area (Å²) in [6.07, 6.45) is 4.97. The molecule has 6 nitrogen and oxygen atoms in total. The molecule has 7 heteroatoms. The smallest absolute Gasteiger partial charge is 0.225 e. The quantitative estimate of drug-likeness (QED) is 0.747. The molecule has 0 saturated heterocycles. The Morgan fingerprint density at radius 1 is 1.24 bits per heavy atom. The number of hydrogen-bond acceptors (Lipinski definition) is 6. The van der Waals surface area contributed by atoms with Crippen LogP contribution >= 0.6 is 11.6 Å². The van der Waals surface area contributed by atoms with Crippen molar-refractivity contribution in [3.05, 3.63) is 47.8 Å². The molecule has 1 N–H and O–H groups in total. The largest absolute Gasteiger partial charge is 0.494 e. The van der Waals surface area contributed by atoms with Gasteiger partial charge >= 0.3 is 0 Å². The lowest BCUT2D eigenvalue weighted by Gasteiger charge is -2.10. The second-order valence-electron chi connectivity index (χ2n) is 4.25. The number of fused-ring (bicyclic) bond motifs is 1. The summed E-state index contributed by atoms with van der Waals surface area (Å²) in [4.78, 5) is 16.7. The number of anilines is 1. The molecule has 0 atom stereocenters. The van der Waals surface area contributed by atoms with E-state index in [1.165, 1.54) is 0 Å². The Balaban J connectivity index is 1.98. The highest BCUT2D eigenvalue weighted by Crippen LogP contribution is 2.29. The van der Waals surface area contributed by atoms with E-state index < -0.39 is 0 Å². The van der Waals surface area contributed by atoms with Gasteiger partial charge in [-0.2, -0.15) is 0 Å². The maximum atomic E-state index is 5.99. The highest BCUT2D eigenvalue weighted by molar-refractivity contribution is 6.29. The average molecular weight is 302 g/mol. The molecule has 0 radical (unpaired) electrons. The summed E-state index contributed by atoms with van der Waals surface area (Å²) >= 11 is 5.99. The fourth-order valence-electron chi connectivity index (χ4n) is 1.99. The molecule has 0 saturated carbocycles. The van der Waals surface area contributed by atoms with Crippen LogP contribution in [0.3, 0.4) is 0 Å². The van der Waals surface area contributed by atoms with E-state index in [0.29, 0.717) is 23.6 Å². The summed E-state index contributed by atoms with van der Waals surface area (Å²) in [5.41, 5.74) is 1.48. The minimum atomic E-state index is 0.161. The maximum absolute atomic E-state index is 5.99. The van der Waals surface area contributed by atoms with Crippen molar-refractivity contribution in [2.24, 2.45) is 0 Å². The topological polar surface area (TPSA) is 72.8 Å². The zero-order valence-electron chi connectivity index (χ0n) is 11.2. The summed E-state index contributed by atoms with van der Waals surface area (Å²) < 4.78 is 5.30. The van der Waals surface area contributed by atoms with Crippen molar-refractivity contribution in [1.29, 1.82) is 0 Å². The molecule has 0 unspecified atom stereocenters. The van der Waals surface area contributed by atoms with Gasteiger partial charge in [-0.3, -0.25) is 9.97 Å². The molecule has 0 aliphatic rings. The zero-order valence-corrected chi connectivity index (χ0v) is 12.0. The first kappa shape index (κ1) is 13.5. The van der Waals surface area contributed by atoms with Crippen LogP contribution in [0.15, 0.2) is 36.8 Å². The predicted octanol–water partition coefficient (Wildman–Crippen LogP) is 2.69. The van der Waals surface area contributed by atoms with Crippen LogP contribution in [-0.4, -0.2) is 27.0 Å². The van der Waals surface area contributed by atoms with E-state index in [0.717, 1.165) is 11.1 Å².